The van der Waals surface area contributed by atoms with Crippen molar-refractivity contribution in [3.8, 4) is 17.2 Å². The minimum absolute atomic E-state index is 0.306. The summed E-state index contributed by atoms with van der Waals surface area (Å²) in [5.74, 6) is 0.832. The molecule has 4 aromatic rings. The number of rotatable bonds is 12. The SMILES string of the molecule is CCC(Cc1ccc(OCCc2nc(-c3ccccc3)oc2C)cc1)(NCc1ccc(F)cc1)C(=O)O.CS(=O)(=O)O. The second kappa shape index (κ2) is 14.7. The molecule has 3 N–H and O–H groups in total. The predicted molar refractivity (Wildman–Crippen MR) is 157 cm³/mol. The van der Waals surface area contributed by atoms with Crippen molar-refractivity contribution in [3.05, 3.63) is 107 Å². The maximum absolute atomic E-state index is 13.2. The Balaban J connectivity index is 0.000000892. The van der Waals surface area contributed by atoms with E-state index in [0.29, 0.717) is 50.3 Å². The van der Waals surface area contributed by atoms with E-state index in [1.165, 1.54) is 12.1 Å². The number of halogens is 1. The van der Waals surface area contributed by atoms with E-state index in [0.717, 1.165) is 28.1 Å². The highest BCUT2D eigenvalue weighted by molar-refractivity contribution is 7.85. The molecule has 0 saturated carbocycles. The number of aliphatic carboxylic acids is 1. The number of nitrogens with one attached hydrogen (secondary N) is 1. The zero-order valence-corrected chi connectivity index (χ0v) is 24.5. The molecule has 4 rings (SSSR count). The molecule has 1 heterocycles. The molecular formula is C31H35FN2O7S. The number of hydrogen-bond donors (Lipinski definition) is 3. The van der Waals surface area contributed by atoms with Crippen LogP contribution < -0.4 is 10.1 Å². The Kier molecular flexibility index (Phi) is 11.4. The van der Waals surface area contributed by atoms with Crippen LogP contribution in [-0.2, 0) is 34.3 Å². The van der Waals surface area contributed by atoms with Crippen LogP contribution in [0.3, 0.4) is 0 Å². The zero-order chi connectivity index (χ0) is 30.8. The third-order valence-corrected chi connectivity index (χ3v) is 6.51. The number of benzene rings is 3. The molecule has 224 valence electrons. The van der Waals surface area contributed by atoms with Crippen LogP contribution in [0, 0.1) is 12.7 Å². The first-order chi connectivity index (χ1) is 19.9. The molecule has 1 aromatic heterocycles. The van der Waals surface area contributed by atoms with Crippen LogP contribution in [0.1, 0.15) is 35.9 Å². The van der Waals surface area contributed by atoms with Crippen molar-refractivity contribution >= 4 is 16.1 Å². The number of carbonyl (C=O) groups is 1. The van der Waals surface area contributed by atoms with Gasteiger partial charge >= 0.3 is 5.97 Å². The largest absolute Gasteiger partial charge is 0.493 e. The molecule has 9 nitrogen and oxygen atoms in total. The van der Waals surface area contributed by atoms with Crippen LogP contribution in [0.5, 0.6) is 5.75 Å². The molecule has 0 aliphatic rings. The van der Waals surface area contributed by atoms with Gasteiger partial charge in [0.2, 0.25) is 5.89 Å². The van der Waals surface area contributed by atoms with E-state index in [9.17, 15) is 22.7 Å². The van der Waals surface area contributed by atoms with Gasteiger partial charge in [0.1, 0.15) is 22.9 Å². The first-order valence-electron chi connectivity index (χ1n) is 13.3. The van der Waals surface area contributed by atoms with E-state index >= 15 is 0 Å². The second-order valence-electron chi connectivity index (χ2n) is 9.76. The molecule has 0 saturated heterocycles. The lowest BCUT2D eigenvalue weighted by Gasteiger charge is -2.30. The standard InChI is InChI=1S/C30H31FN2O4.CH4O3S/c1-3-30(29(34)35,32-20-23-9-13-25(31)14-10-23)19-22-11-15-26(16-12-22)36-18-17-27-21(2)37-28(33-27)24-7-5-4-6-8-24;1-5(2,3)4/h4-16,32H,3,17-20H2,1-2H3,(H,34,35);1H3,(H,2,3,4). The van der Waals surface area contributed by atoms with Crippen molar-refractivity contribution in [2.24, 2.45) is 0 Å². The van der Waals surface area contributed by atoms with Gasteiger partial charge in [0, 0.05) is 24.9 Å². The van der Waals surface area contributed by atoms with Gasteiger partial charge in [-0.05, 0) is 60.9 Å². The minimum Gasteiger partial charge on any atom is -0.493 e. The number of aromatic nitrogens is 1. The number of oxazole rings is 1. The summed E-state index contributed by atoms with van der Waals surface area (Å²) in [4.78, 5) is 16.8. The van der Waals surface area contributed by atoms with Crippen LogP contribution in [-0.4, -0.2) is 47.4 Å². The van der Waals surface area contributed by atoms with Crippen molar-refractivity contribution in [1.29, 1.82) is 0 Å². The summed E-state index contributed by atoms with van der Waals surface area (Å²) in [6.07, 6.45) is 2.02. The Morgan fingerprint density at radius 2 is 1.62 bits per heavy atom. The fraction of sp³-hybridized carbons (Fsp3) is 0.290. The van der Waals surface area contributed by atoms with Crippen molar-refractivity contribution in [3.63, 3.8) is 0 Å². The molecule has 0 aliphatic carbocycles. The van der Waals surface area contributed by atoms with Gasteiger partial charge in [-0.1, -0.05) is 49.4 Å². The van der Waals surface area contributed by atoms with E-state index in [-0.39, 0.29) is 5.82 Å². The first-order valence-corrected chi connectivity index (χ1v) is 15.1. The number of nitrogens with zero attached hydrogens (tertiary/aromatic N) is 1. The van der Waals surface area contributed by atoms with Crippen LogP contribution in [0.15, 0.2) is 83.3 Å². The summed E-state index contributed by atoms with van der Waals surface area (Å²) in [6, 6.07) is 23.3. The smallest absolute Gasteiger partial charge is 0.324 e. The zero-order valence-electron chi connectivity index (χ0n) is 23.7. The van der Waals surface area contributed by atoms with Gasteiger partial charge in [0.15, 0.2) is 0 Å². The molecule has 0 amide bonds. The highest BCUT2D eigenvalue weighted by atomic mass is 32.2. The summed E-state index contributed by atoms with van der Waals surface area (Å²) in [5, 5.41) is 13.2. The quantitative estimate of drug-likeness (QED) is 0.181. The highest BCUT2D eigenvalue weighted by Gasteiger charge is 2.36. The number of carboxylic acid groups (broad SMARTS) is 1. The van der Waals surface area contributed by atoms with Crippen molar-refractivity contribution in [2.45, 2.75) is 45.2 Å². The normalized spacial score (nSPS) is 12.6. The van der Waals surface area contributed by atoms with E-state index in [1.54, 1.807) is 12.1 Å². The Hall–Kier alpha value is -4.06. The van der Waals surface area contributed by atoms with Crippen molar-refractivity contribution < 1.29 is 36.4 Å². The number of aryl methyl sites for hydroxylation is 1. The number of ether oxygens (including phenoxy) is 1. The second-order valence-corrected chi connectivity index (χ2v) is 11.2. The fourth-order valence-corrected chi connectivity index (χ4v) is 4.17. The maximum atomic E-state index is 13.2. The maximum Gasteiger partial charge on any atom is 0.324 e. The molecule has 0 aliphatic heterocycles. The van der Waals surface area contributed by atoms with Gasteiger partial charge in [-0.15, -0.1) is 0 Å². The van der Waals surface area contributed by atoms with Gasteiger partial charge in [-0.25, -0.2) is 9.37 Å². The summed E-state index contributed by atoms with van der Waals surface area (Å²) >= 11 is 0. The lowest BCUT2D eigenvalue weighted by molar-refractivity contribution is -0.145. The molecule has 0 spiro atoms. The average Bonchev–Trinajstić information content (AvgIpc) is 3.32. The average molecular weight is 599 g/mol. The minimum atomic E-state index is -3.67. The van der Waals surface area contributed by atoms with Crippen LogP contribution in [0.25, 0.3) is 11.5 Å². The molecule has 1 atom stereocenters. The first kappa shape index (κ1) is 32.5. The summed E-state index contributed by atoms with van der Waals surface area (Å²) < 4.78 is 50.8. The molecule has 3 aromatic carbocycles. The molecule has 0 radical (unpaired) electrons. The highest BCUT2D eigenvalue weighted by Crippen LogP contribution is 2.23. The molecule has 1 unspecified atom stereocenters. The van der Waals surface area contributed by atoms with Gasteiger partial charge in [-0.3, -0.25) is 14.7 Å². The van der Waals surface area contributed by atoms with Crippen LogP contribution >= 0.6 is 0 Å². The molecule has 11 heteroatoms. The van der Waals surface area contributed by atoms with Gasteiger partial charge in [0.25, 0.3) is 10.1 Å². The third-order valence-electron chi connectivity index (χ3n) is 6.51. The predicted octanol–water partition coefficient (Wildman–Crippen LogP) is 5.48. The monoisotopic (exact) mass is 598 g/mol. The van der Waals surface area contributed by atoms with E-state index < -0.39 is 21.6 Å². The third kappa shape index (κ3) is 10.1. The fourth-order valence-electron chi connectivity index (χ4n) is 4.17. The van der Waals surface area contributed by atoms with Crippen LogP contribution in [0.2, 0.25) is 0 Å². The van der Waals surface area contributed by atoms with Crippen molar-refractivity contribution in [2.75, 3.05) is 12.9 Å². The van der Waals surface area contributed by atoms with Gasteiger partial charge in [0.05, 0.1) is 18.6 Å². The van der Waals surface area contributed by atoms with Crippen LogP contribution in [0.4, 0.5) is 4.39 Å². The Bertz CT molecular complexity index is 1530. The molecule has 42 heavy (non-hydrogen) atoms. The van der Waals surface area contributed by atoms with E-state index in [4.69, 9.17) is 13.7 Å². The number of hydrogen-bond acceptors (Lipinski definition) is 7. The molecule has 0 bridgehead atoms. The summed E-state index contributed by atoms with van der Waals surface area (Å²) in [6.45, 7) is 4.51. The van der Waals surface area contributed by atoms with Gasteiger partial charge in [-0.2, -0.15) is 8.42 Å². The molecular weight excluding hydrogens is 563 g/mol. The van der Waals surface area contributed by atoms with E-state index in [2.05, 4.69) is 10.3 Å². The van der Waals surface area contributed by atoms with Crippen molar-refractivity contribution in [1.82, 2.24) is 10.3 Å². The Labute approximate surface area is 245 Å². The topological polar surface area (TPSA) is 139 Å². The summed E-state index contributed by atoms with van der Waals surface area (Å²) in [5.41, 5.74) is 2.35. The lowest BCUT2D eigenvalue weighted by atomic mass is 9.87. The number of carboxylic acids is 1. The Morgan fingerprint density at radius 1 is 1.02 bits per heavy atom. The Morgan fingerprint density at radius 3 is 2.19 bits per heavy atom. The lowest BCUT2D eigenvalue weighted by Crippen LogP contribution is -2.53. The summed E-state index contributed by atoms with van der Waals surface area (Å²) in [7, 11) is -3.67. The molecule has 0 fully saturated rings. The van der Waals surface area contributed by atoms with E-state index in [1.807, 2.05) is 68.4 Å². The van der Waals surface area contributed by atoms with Gasteiger partial charge < -0.3 is 14.3 Å².